The molecule has 11 heteroatoms. The summed E-state index contributed by atoms with van der Waals surface area (Å²) in [6, 6.07) is 5.96. The molecule has 2 unspecified atom stereocenters. The number of carbonyl (C=O) groups excluding carboxylic acids is 1. The molecule has 2 rings (SSSR count). The van der Waals surface area contributed by atoms with Crippen LogP contribution in [0.3, 0.4) is 0 Å². The molecule has 0 saturated heterocycles. The molecule has 1 amide bonds. The topological polar surface area (TPSA) is 104 Å². The van der Waals surface area contributed by atoms with Crippen LogP contribution in [-0.2, 0) is 22.1 Å². The number of amides is 1. The molecule has 1 aromatic heterocycles. The first-order chi connectivity index (χ1) is 11.7. The summed E-state index contributed by atoms with van der Waals surface area (Å²) in [7, 11) is 0. The predicted octanol–water partition coefficient (Wildman–Crippen LogP) is 2.84. The van der Waals surface area contributed by atoms with Crippen molar-refractivity contribution in [3.63, 3.8) is 0 Å². The van der Waals surface area contributed by atoms with Crippen molar-refractivity contribution in [3.05, 3.63) is 41.8 Å². The van der Waals surface area contributed by atoms with Gasteiger partial charge >= 0.3 is 6.18 Å². The van der Waals surface area contributed by atoms with Crippen LogP contribution in [0.25, 0.3) is 0 Å². The van der Waals surface area contributed by atoms with Crippen molar-refractivity contribution in [1.29, 1.82) is 0 Å². The van der Waals surface area contributed by atoms with Gasteiger partial charge in [0.1, 0.15) is 12.1 Å². The molecular weight excluding hydrogens is 363 g/mol. The van der Waals surface area contributed by atoms with Gasteiger partial charge in [0.25, 0.3) is 6.01 Å². The van der Waals surface area contributed by atoms with E-state index in [1.807, 2.05) is 0 Å². The lowest BCUT2D eigenvalue weighted by Gasteiger charge is -2.12. The molecule has 2 atom stereocenters. The highest BCUT2D eigenvalue weighted by atomic mass is 32.2. The van der Waals surface area contributed by atoms with E-state index in [1.165, 1.54) is 0 Å². The lowest BCUT2D eigenvalue weighted by atomic mass is 10.0. The lowest BCUT2D eigenvalue weighted by molar-refractivity contribution is -0.141. The smallest absolute Gasteiger partial charge is 0.431 e. The number of nitrogens with one attached hydrogen (secondary N) is 2. The van der Waals surface area contributed by atoms with Crippen molar-refractivity contribution in [1.82, 2.24) is 10.3 Å². The van der Waals surface area contributed by atoms with Crippen molar-refractivity contribution in [3.8, 4) is 0 Å². The van der Waals surface area contributed by atoms with Crippen LogP contribution in [0.4, 0.5) is 24.9 Å². The Morgan fingerprint density at radius 1 is 1.36 bits per heavy atom. The second-order valence-corrected chi connectivity index (χ2v) is 5.94. The zero-order chi connectivity index (χ0) is 18.6. The Morgan fingerprint density at radius 3 is 2.52 bits per heavy atom. The number of alkyl halides is 3. The summed E-state index contributed by atoms with van der Waals surface area (Å²) in [5, 5.41) is 4.90. The molecule has 0 spiro atoms. The summed E-state index contributed by atoms with van der Waals surface area (Å²) < 4.78 is 61.2. The highest BCUT2D eigenvalue weighted by Crippen LogP contribution is 2.30. The molecule has 0 aliphatic carbocycles. The first kappa shape index (κ1) is 18.9. The van der Waals surface area contributed by atoms with Gasteiger partial charge in [-0.15, -0.1) is 0 Å². The normalized spacial score (nSPS) is 14.0. The van der Waals surface area contributed by atoms with Gasteiger partial charge in [0, 0.05) is 5.69 Å². The minimum absolute atomic E-state index is 0.309. The second-order valence-electron chi connectivity index (χ2n) is 5.01. The SMILES string of the molecule is CC(C(=O)NCS(=O)O)c1ccc(Nc2nc(C(F)(F)F)co2)cc1. The van der Waals surface area contributed by atoms with Gasteiger partial charge < -0.3 is 19.6 Å². The number of nitrogens with zero attached hydrogens (tertiary/aromatic N) is 1. The number of rotatable bonds is 6. The van der Waals surface area contributed by atoms with Crippen LogP contribution >= 0.6 is 0 Å². The van der Waals surface area contributed by atoms with E-state index in [4.69, 9.17) is 8.97 Å². The van der Waals surface area contributed by atoms with Gasteiger partial charge in [-0.2, -0.15) is 18.2 Å². The Balaban J connectivity index is 2.01. The van der Waals surface area contributed by atoms with Crippen molar-refractivity contribution in [2.75, 3.05) is 11.2 Å². The molecule has 0 saturated carbocycles. The van der Waals surface area contributed by atoms with Gasteiger partial charge in [0.15, 0.2) is 16.8 Å². The maximum atomic E-state index is 12.4. The van der Waals surface area contributed by atoms with Gasteiger partial charge in [-0.05, 0) is 24.6 Å². The van der Waals surface area contributed by atoms with Gasteiger partial charge in [0.2, 0.25) is 5.91 Å². The average Bonchev–Trinajstić information content (AvgIpc) is 3.01. The Labute approximate surface area is 142 Å². The van der Waals surface area contributed by atoms with Gasteiger partial charge in [-0.3, -0.25) is 4.79 Å². The quantitative estimate of drug-likeness (QED) is 0.669. The number of anilines is 2. The van der Waals surface area contributed by atoms with Crippen LogP contribution in [0.1, 0.15) is 24.1 Å². The first-order valence-electron chi connectivity index (χ1n) is 6.91. The summed E-state index contributed by atoms with van der Waals surface area (Å²) in [6.07, 6.45) is -4.08. The number of hydrogen-bond acceptors (Lipinski definition) is 5. The highest BCUT2D eigenvalue weighted by Gasteiger charge is 2.34. The highest BCUT2D eigenvalue weighted by molar-refractivity contribution is 7.79. The van der Waals surface area contributed by atoms with Crippen LogP contribution in [0.15, 0.2) is 34.9 Å². The predicted molar refractivity (Wildman–Crippen MR) is 83.4 cm³/mol. The van der Waals surface area contributed by atoms with Gasteiger partial charge in [-0.25, -0.2) is 4.21 Å². The van der Waals surface area contributed by atoms with Crippen LogP contribution in [0.2, 0.25) is 0 Å². The van der Waals surface area contributed by atoms with Crippen molar-refractivity contribution < 1.29 is 31.1 Å². The van der Waals surface area contributed by atoms with Crippen molar-refractivity contribution in [2.45, 2.75) is 19.0 Å². The van der Waals surface area contributed by atoms with E-state index in [-0.39, 0.29) is 11.9 Å². The second kappa shape index (κ2) is 7.66. The minimum Gasteiger partial charge on any atom is -0.431 e. The number of benzene rings is 1. The molecular formula is C14H14F3N3O4S. The molecule has 7 nitrogen and oxygen atoms in total. The van der Waals surface area contributed by atoms with E-state index < -0.39 is 34.8 Å². The van der Waals surface area contributed by atoms with Crippen LogP contribution in [0, 0.1) is 0 Å². The molecule has 3 N–H and O–H groups in total. The zero-order valence-corrected chi connectivity index (χ0v) is 13.6. The number of oxazole rings is 1. The number of hydrogen-bond donors (Lipinski definition) is 3. The maximum absolute atomic E-state index is 12.4. The summed E-state index contributed by atoms with van der Waals surface area (Å²) in [6.45, 7) is 1.61. The summed E-state index contributed by atoms with van der Waals surface area (Å²) >= 11 is -2.13. The van der Waals surface area contributed by atoms with Crippen molar-refractivity contribution >= 4 is 28.7 Å². The molecule has 0 bridgehead atoms. The number of aromatic nitrogens is 1. The monoisotopic (exact) mass is 377 g/mol. The van der Waals surface area contributed by atoms with Crippen LogP contribution in [-0.4, -0.2) is 25.5 Å². The molecule has 0 fully saturated rings. The fourth-order valence-corrected chi connectivity index (χ4v) is 2.14. The fraction of sp³-hybridized carbons (Fsp3) is 0.286. The molecule has 0 aliphatic rings. The first-order valence-corrected chi connectivity index (χ1v) is 8.19. The summed E-state index contributed by atoms with van der Waals surface area (Å²) in [5.74, 6) is -1.36. The third-order valence-electron chi connectivity index (χ3n) is 3.22. The zero-order valence-electron chi connectivity index (χ0n) is 12.8. The lowest BCUT2D eigenvalue weighted by Crippen LogP contribution is -2.30. The molecule has 136 valence electrons. The van der Waals surface area contributed by atoms with Gasteiger partial charge in [-0.1, -0.05) is 12.1 Å². The Kier molecular flexibility index (Phi) is 5.80. The summed E-state index contributed by atoms with van der Waals surface area (Å²) in [4.78, 5) is 15.1. The van der Waals surface area contributed by atoms with Crippen LogP contribution < -0.4 is 10.6 Å². The van der Waals surface area contributed by atoms with Crippen molar-refractivity contribution in [2.24, 2.45) is 0 Å². The number of halogens is 3. The average molecular weight is 377 g/mol. The Bertz CT molecular complexity index is 761. The largest absolute Gasteiger partial charge is 0.436 e. The molecule has 0 radical (unpaired) electrons. The van der Waals surface area contributed by atoms with E-state index in [2.05, 4.69) is 15.6 Å². The molecule has 1 heterocycles. The number of carbonyl (C=O) groups is 1. The maximum Gasteiger partial charge on any atom is 0.436 e. The van der Waals surface area contributed by atoms with E-state index in [0.29, 0.717) is 17.5 Å². The third-order valence-corrected chi connectivity index (χ3v) is 3.61. The molecule has 0 aliphatic heterocycles. The molecule has 2 aromatic rings. The van der Waals surface area contributed by atoms with E-state index >= 15 is 0 Å². The standard InChI is InChI=1S/C14H14F3N3O4S/c1-8(12(21)18-7-25(22)23)9-2-4-10(5-3-9)19-13-20-11(6-24-13)14(15,16)17/h2-6,8H,7H2,1H3,(H,18,21)(H,19,20)(H,22,23). The third kappa shape index (κ3) is 5.29. The Hall–Kier alpha value is -2.40. The Morgan fingerprint density at radius 2 is 2.00 bits per heavy atom. The minimum atomic E-state index is -4.59. The fourth-order valence-electron chi connectivity index (χ4n) is 1.88. The van der Waals surface area contributed by atoms with E-state index in [9.17, 15) is 22.2 Å². The summed E-state index contributed by atoms with van der Waals surface area (Å²) in [5.41, 5.74) is -0.100. The van der Waals surface area contributed by atoms with E-state index in [1.54, 1.807) is 31.2 Å². The molecule has 1 aromatic carbocycles. The van der Waals surface area contributed by atoms with E-state index in [0.717, 1.165) is 0 Å². The molecule has 25 heavy (non-hydrogen) atoms. The van der Waals surface area contributed by atoms with Gasteiger partial charge in [0.05, 0.1) is 5.92 Å². The van der Waals surface area contributed by atoms with Crippen LogP contribution in [0.5, 0.6) is 0 Å².